The van der Waals surface area contributed by atoms with Crippen LogP contribution in [-0.2, 0) is 7.05 Å². The van der Waals surface area contributed by atoms with Crippen molar-refractivity contribution in [2.75, 3.05) is 6.07 Å². The highest BCUT2D eigenvalue weighted by molar-refractivity contribution is 6.17. The molecule has 1 aromatic rings. The minimum absolute atomic E-state index is 0.172. The van der Waals surface area contributed by atoms with E-state index in [0.29, 0.717) is 5.75 Å². The molecule has 0 aliphatic carbocycles. The molecular weight excluding hydrogens is 140 g/mol. The summed E-state index contributed by atoms with van der Waals surface area (Å²) in [5, 5.41) is 3.87. The van der Waals surface area contributed by atoms with Gasteiger partial charge in [-0.05, 0) is 0 Å². The van der Waals surface area contributed by atoms with Crippen molar-refractivity contribution >= 4 is 11.6 Å². The zero-order valence-electron chi connectivity index (χ0n) is 5.04. The first kappa shape index (κ1) is 6.42. The van der Waals surface area contributed by atoms with Gasteiger partial charge in [0.25, 0.3) is 0 Å². The molecule has 0 aliphatic heterocycles. The molecular formula is C5H7ClN2O. The van der Waals surface area contributed by atoms with Gasteiger partial charge in [0, 0.05) is 7.05 Å². The number of hydrogen-bond donors (Lipinski definition) is 0. The molecule has 0 spiro atoms. The molecule has 0 atom stereocenters. The van der Waals surface area contributed by atoms with Crippen LogP contribution in [0.5, 0.6) is 5.75 Å². The third-order valence-corrected chi connectivity index (χ3v) is 1.01. The van der Waals surface area contributed by atoms with E-state index in [1.165, 1.54) is 0 Å². The SMILES string of the molecule is Cn1cc(OCCl)cn1. The molecule has 0 aromatic carbocycles. The molecule has 0 bridgehead atoms. The second kappa shape index (κ2) is 2.73. The molecule has 0 N–H and O–H groups in total. The normalized spacial score (nSPS) is 9.56. The Kier molecular flexibility index (Phi) is 1.95. The number of aromatic nitrogens is 2. The molecule has 0 amide bonds. The van der Waals surface area contributed by atoms with E-state index < -0.39 is 0 Å². The topological polar surface area (TPSA) is 27.1 Å². The van der Waals surface area contributed by atoms with E-state index in [2.05, 4.69) is 5.10 Å². The zero-order chi connectivity index (χ0) is 6.69. The minimum atomic E-state index is 0.172. The van der Waals surface area contributed by atoms with Crippen LogP contribution in [-0.4, -0.2) is 15.8 Å². The van der Waals surface area contributed by atoms with Crippen LogP contribution in [0.2, 0.25) is 0 Å². The van der Waals surface area contributed by atoms with Crippen molar-refractivity contribution in [3.8, 4) is 5.75 Å². The average Bonchev–Trinajstić information content (AvgIpc) is 2.17. The van der Waals surface area contributed by atoms with E-state index in [1.807, 2.05) is 7.05 Å². The summed E-state index contributed by atoms with van der Waals surface area (Å²) >= 11 is 5.29. The largest absolute Gasteiger partial charge is 0.475 e. The van der Waals surface area contributed by atoms with Gasteiger partial charge in [-0.25, -0.2) is 0 Å². The molecule has 0 fully saturated rings. The van der Waals surface area contributed by atoms with Gasteiger partial charge in [0.15, 0.2) is 11.8 Å². The monoisotopic (exact) mass is 146 g/mol. The number of rotatable bonds is 2. The predicted molar refractivity (Wildman–Crippen MR) is 34.6 cm³/mol. The van der Waals surface area contributed by atoms with Crippen LogP contribution in [0.25, 0.3) is 0 Å². The highest BCUT2D eigenvalue weighted by Gasteiger charge is 1.92. The molecule has 1 heterocycles. The molecule has 0 aliphatic rings. The molecule has 50 valence electrons. The van der Waals surface area contributed by atoms with Crippen LogP contribution >= 0.6 is 11.6 Å². The summed E-state index contributed by atoms with van der Waals surface area (Å²) in [6.07, 6.45) is 3.37. The lowest BCUT2D eigenvalue weighted by Crippen LogP contribution is -1.86. The van der Waals surface area contributed by atoms with Crippen LogP contribution in [0.1, 0.15) is 0 Å². The predicted octanol–water partition coefficient (Wildman–Crippen LogP) is 0.995. The van der Waals surface area contributed by atoms with E-state index >= 15 is 0 Å². The van der Waals surface area contributed by atoms with Gasteiger partial charge in [-0.2, -0.15) is 5.10 Å². The summed E-state index contributed by atoms with van der Waals surface area (Å²) in [7, 11) is 1.82. The molecule has 0 radical (unpaired) electrons. The summed E-state index contributed by atoms with van der Waals surface area (Å²) in [6, 6.07) is 0.172. The molecule has 3 nitrogen and oxygen atoms in total. The maximum Gasteiger partial charge on any atom is 0.162 e. The van der Waals surface area contributed by atoms with Gasteiger partial charge in [0.1, 0.15) is 0 Å². The molecule has 9 heavy (non-hydrogen) atoms. The lowest BCUT2D eigenvalue weighted by atomic mass is 10.7. The number of aryl methyl sites for hydroxylation is 1. The Morgan fingerprint density at radius 2 is 2.67 bits per heavy atom. The molecule has 0 saturated carbocycles. The summed E-state index contributed by atoms with van der Waals surface area (Å²) in [5.74, 6) is 0.701. The van der Waals surface area contributed by atoms with Gasteiger partial charge < -0.3 is 4.74 Å². The van der Waals surface area contributed by atoms with Gasteiger partial charge >= 0.3 is 0 Å². The number of nitrogens with zero attached hydrogens (tertiary/aromatic N) is 2. The van der Waals surface area contributed by atoms with Crippen molar-refractivity contribution in [2.45, 2.75) is 0 Å². The minimum Gasteiger partial charge on any atom is -0.475 e. The highest BCUT2D eigenvalue weighted by atomic mass is 35.5. The van der Waals surface area contributed by atoms with Crippen LogP contribution in [0.3, 0.4) is 0 Å². The highest BCUT2D eigenvalue weighted by Crippen LogP contribution is 2.06. The van der Waals surface area contributed by atoms with Crippen LogP contribution in [0.4, 0.5) is 0 Å². The number of ether oxygens (including phenoxy) is 1. The van der Waals surface area contributed by atoms with Crippen molar-refractivity contribution in [1.82, 2.24) is 9.78 Å². The smallest absolute Gasteiger partial charge is 0.162 e. The Hall–Kier alpha value is -0.700. The second-order valence-corrected chi connectivity index (χ2v) is 1.82. The standard InChI is InChI=1S/C5H7ClN2O/c1-8-3-5(2-7-8)9-4-6/h2-3H,4H2,1H3. The lowest BCUT2D eigenvalue weighted by Gasteiger charge is -1.92. The van der Waals surface area contributed by atoms with E-state index in [0.717, 1.165) is 0 Å². The Labute approximate surface area is 58.2 Å². The van der Waals surface area contributed by atoms with Crippen LogP contribution in [0, 0.1) is 0 Å². The lowest BCUT2D eigenvalue weighted by molar-refractivity contribution is 0.387. The number of alkyl halides is 1. The maximum absolute atomic E-state index is 5.29. The van der Waals surface area contributed by atoms with E-state index in [1.54, 1.807) is 17.1 Å². The number of halogens is 1. The van der Waals surface area contributed by atoms with Gasteiger partial charge in [-0.15, -0.1) is 0 Å². The van der Waals surface area contributed by atoms with Crippen molar-refractivity contribution in [3.63, 3.8) is 0 Å². The molecule has 0 unspecified atom stereocenters. The quantitative estimate of drug-likeness (QED) is 0.582. The molecule has 4 heteroatoms. The van der Waals surface area contributed by atoms with Crippen molar-refractivity contribution in [3.05, 3.63) is 12.4 Å². The van der Waals surface area contributed by atoms with Gasteiger partial charge in [0.2, 0.25) is 0 Å². The second-order valence-electron chi connectivity index (χ2n) is 1.60. The summed E-state index contributed by atoms with van der Waals surface area (Å²) in [5.41, 5.74) is 0. The maximum atomic E-state index is 5.29. The van der Waals surface area contributed by atoms with Crippen molar-refractivity contribution < 1.29 is 4.74 Å². The fourth-order valence-corrected chi connectivity index (χ4v) is 0.662. The van der Waals surface area contributed by atoms with Gasteiger partial charge in [-0.1, -0.05) is 11.6 Å². The van der Waals surface area contributed by atoms with Crippen molar-refractivity contribution in [1.29, 1.82) is 0 Å². The Morgan fingerprint density at radius 3 is 3.11 bits per heavy atom. The first-order valence-electron chi connectivity index (χ1n) is 2.50. The molecule has 0 saturated heterocycles. The van der Waals surface area contributed by atoms with Crippen molar-refractivity contribution in [2.24, 2.45) is 7.05 Å². The average molecular weight is 147 g/mol. The Morgan fingerprint density at radius 1 is 1.89 bits per heavy atom. The molecule has 1 aromatic heterocycles. The van der Waals surface area contributed by atoms with Crippen LogP contribution in [0.15, 0.2) is 12.4 Å². The fraction of sp³-hybridized carbons (Fsp3) is 0.400. The van der Waals surface area contributed by atoms with E-state index in [-0.39, 0.29) is 6.07 Å². The zero-order valence-corrected chi connectivity index (χ0v) is 5.80. The number of hydrogen-bond acceptors (Lipinski definition) is 2. The first-order valence-corrected chi connectivity index (χ1v) is 3.04. The van der Waals surface area contributed by atoms with Gasteiger partial charge in [0.05, 0.1) is 12.4 Å². The van der Waals surface area contributed by atoms with Crippen LogP contribution < -0.4 is 4.74 Å². The van der Waals surface area contributed by atoms with E-state index in [4.69, 9.17) is 16.3 Å². The third-order valence-electron chi connectivity index (χ3n) is 0.902. The van der Waals surface area contributed by atoms with Gasteiger partial charge in [-0.3, -0.25) is 4.68 Å². The summed E-state index contributed by atoms with van der Waals surface area (Å²) in [4.78, 5) is 0. The third kappa shape index (κ3) is 1.61. The molecule has 1 rings (SSSR count). The first-order chi connectivity index (χ1) is 4.33. The fourth-order valence-electron chi connectivity index (χ4n) is 0.536. The Balaban J connectivity index is 2.61. The summed E-state index contributed by atoms with van der Waals surface area (Å²) in [6.45, 7) is 0. The van der Waals surface area contributed by atoms with E-state index in [9.17, 15) is 0 Å². The summed E-state index contributed by atoms with van der Waals surface area (Å²) < 4.78 is 6.56. The Bertz CT molecular complexity index is 187.